The molecule has 0 radical (unpaired) electrons. The van der Waals surface area contributed by atoms with Gasteiger partial charge in [-0.05, 0) is 25.0 Å². The van der Waals surface area contributed by atoms with Crippen molar-refractivity contribution in [2.75, 3.05) is 17.7 Å². The average molecular weight is 318 g/mol. The molecule has 0 spiro atoms. The third kappa shape index (κ3) is 3.47. The predicted octanol–water partition coefficient (Wildman–Crippen LogP) is 3.98. The van der Waals surface area contributed by atoms with Gasteiger partial charge in [0.2, 0.25) is 5.95 Å². The number of hydrogen-bond donors (Lipinski definition) is 2. The van der Waals surface area contributed by atoms with E-state index >= 15 is 0 Å². The molecule has 2 heterocycles. The summed E-state index contributed by atoms with van der Waals surface area (Å²) in [5.74, 6) is 1.43. The molecule has 0 bridgehead atoms. The number of nitrogens with zero attached hydrogens (tertiary/aromatic N) is 3. The lowest BCUT2D eigenvalue weighted by atomic mass is 9.96. The van der Waals surface area contributed by atoms with Crippen molar-refractivity contribution in [2.45, 2.75) is 38.1 Å². The van der Waals surface area contributed by atoms with Crippen LogP contribution in [0.3, 0.4) is 0 Å². The van der Waals surface area contributed by atoms with E-state index < -0.39 is 0 Å². The Bertz CT molecular complexity index is 640. The molecule has 116 valence electrons. The fourth-order valence-corrected chi connectivity index (χ4v) is 2.98. The molecule has 3 rings (SSSR count). The van der Waals surface area contributed by atoms with Crippen molar-refractivity contribution in [3.63, 3.8) is 0 Å². The van der Waals surface area contributed by atoms with Crippen molar-refractivity contribution in [3.8, 4) is 11.3 Å². The lowest BCUT2D eigenvalue weighted by molar-refractivity contribution is 0.461. The Hall–Kier alpha value is -1.88. The minimum atomic E-state index is 0.466. The zero-order chi connectivity index (χ0) is 15.4. The minimum Gasteiger partial charge on any atom is -0.373 e. The summed E-state index contributed by atoms with van der Waals surface area (Å²) in [6.07, 6.45) is 9.64. The second-order valence-electron chi connectivity index (χ2n) is 5.55. The zero-order valence-electron chi connectivity index (χ0n) is 12.6. The Kier molecular flexibility index (Phi) is 4.73. The molecule has 5 nitrogen and oxygen atoms in total. The first kappa shape index (κ1) is 15.0. The van der Waals surface area contributed by atoms with Crippen molar-refractivity contribution in [1.82, 2.24) is 15.0 Å². The summed E-state index contributed by atoms with van der Waals surface area (Å²) in [6.45, 7) is 0. The van der Waals surface area contributed by atoms with Gasteiger partial charge in [0.15, 0.2) is 0 Å². The van der Waals surface area contributed by atoms with Crippen molar-refractivity contribution < 1.29 is 0 Å². The molecule has 6 heteroatoms. The summed E-state index contributed by atoms with van der Waals surface area (Å²) in [5.41, 5.74) is 1.66. The normalized spacial score (nSPS) is 15.5. The molecule has 2 N–H and O–H groups in total. The van der Waals surface area contributed by atoms with Gasteiger partial charge >= 0.3 is 0 Å². The average Bonchev–Trinajstić information content (AvgIpc) is 2.57. The van der Waals surface area contributed by atoms with Gasteiger partial charge in [0.1, 0.15) is 5.82 Å². The molecule has 1 aliphatic rings. The van der Waals surface area contributed by atoms with Crippen LogP contribution in [-0.2, 0) is 0 Å². The van der Waals surface area contributed by atoms with E-state index in [0.717, 1.165) is 17.1 Å². The van der Waals surface area contributed by atoms with Crippen LogP contribution < -0.4 is 10.6 Å². The van der Waals surface area contributed by atoms with Gasteiger partial charge in [0.25, 0.3) is 0 Å². The van der Waals surface area contributed by atoms with Crippen LogP contribution in [0.5, 0.6) is 0 Å². The Labute approximate surface area is 135 Å². The SMILES string of the molecule is CNc1cc(-c2nc(NC3CCCCC3)ncc2Cl)ccn1. The fraction of sp³-hybridized carbons (Fsp3) is 0.438. The van der Waals surface area contributed by atoms with Crippen molar-refractivity contribution >= 4 is 23.4 Å². The summed E-state index contributed by atoms with van der Waals surface area (Å²) < 4.78 is 0. The maximum Gasteiger partial charge on any atom is 0.223 e. The quantitative estimate of drug-likeness (QED) is 0.893. The number of nitrogens with one attached hydrogen (secondary N) is 2. The van der Waals surface area contributed by atoms with Gasteiger partial charge in [-0.1, -0.05) is 30.9 Å². The summed E-state index contributed by atoms with van der Waals surface area (Å²) in [6, 6.07) is 4.30. The zero-order valence-corrected chi connectivity index (χ0v) is 13.4. The van der Waals surface area contributed by atoms with Crippen LogP contribution >= 0.6 is 11.6 Å². The topological polar surface area (TPSA) is 62.7 Å². The molecule has 0 amide bonds. The van der Waals surface area contributed by atoms with Crippen LogP contribution in [0.1, 0.15) is 32.1 Å². The molecular weight excluding hydrogens is 298 g/mol. The Morgan fingerprint density at radius 3 is 2.77 bits per heavy atom. The van der Waals surface area contributed by atoms with E-state index in [2.05, 4.69) is 25.6 Å². The maximum absolute atomic E-state index is 6.28. The van der Waals surface area contributed by atoms with Crippen LogP contribution in [0.25, 0.3) is 11.3 Å². The lowest BCUT2D eigenvalue weighted by Gasteiger charge is -2.22. The third-order valence-electron chi connectivity index (χ3n) is 3.97. The van der Waals surface area contributed by atoms with Crippen molar-refractivity contribution in [2.24, 2.45) is 0 Å². The number of aromatic nitrogens is 3. The van der Waals surface area contributed by atoms with E-state index in [0.29, 0.717) is 17.0 Å². The van der Waals surface area contributed by atoms with Gasteiger partial charge in [0, 0.05) is 24.8 Å². The molecule has 2 aromatic heterocycles. The number of pyridine rings is 1. The lowest BCUT2D eigenvalue weighted by Crippen LogP contribution is -2.23. The number of anilines is 2. The van der Waals surface area contributed by atoms with Gasteiger partial charge < -0.3 is 10.6 Å². The molecular formula is C16H20ClN5. The smallest absolute Gasteiger partial charge is 0.223 e. The predicted molar refractivity (Wildman–Crippen MR) is 90.3 cm³/mol. The van der Waals surface area contributed by atoms with Crippen LogP contribution in [0.2, 0.25) is 5.02 Å². The number of rotatable bonds is 4. The summed E-state index contributed by atoms with van der Waals surface area (Å²) >= 11 is 6.28. The van der Waals surface area contributed by atoms with Gasteiger partial charge in [0.05, 0.1) is 16.9 Å². The van der Waals surface area contributed by atoms with Gasteiger partial charge in [-0.2, -0.15) is 0 Å². The van der Waals surface area contributed by atoms with Crippen LogP contribution in [0, 0.1) is 0 Å². The highest BCUT2D eigenvalue weighted by molar-refractivity contribution is 6.32. The van der Waals surface area contributed by atoms with Crippen LogP contribution in [0.15, 0.2) is 24.5 Å². The van der Waals surface area contributed by atoms with E-state index in [4.69, 9.17) is 11.6 Å². The first-order valence-corrected chi connectivity index (χ1v) is 8.07. The molecule has 2 aromatic rings. The highest BCUT2D eigenvalue weighted by atomic mass is 35.5. The van der Waals surface area contributed by atoms with Gasteiger partial charge in [-0.15, -0.1) is 0 Å². The molecule has 0 saturated heterocycles. The summed E-state index contributed by atoms with van der Waals surface area (Å²) in [4.78, 5) is 13.1. The van der Waals surface area contributed by atoms with Gasteiger partial charge in [-0.3, -0.25) is 0 Å². The largest absolute Gasteiger partial charge is 0.373 e. The number of halogens is 1. The standard InChI is InChI=1S/C16H20ClN5/c1-18-14-9-11(7-8-19-14)15-13(17)10-20-16(22-15)21-12-5-3-2-4-6-12/h7-10,12H,2-6H2,1H3,(H,18,19)(H,20,21,22). The molecule has 0 aromatic carbocycles. The summed E-state index contributed by atoms with van der Waals surface area (Å²) in [7, 11) is 1.84. The second kappa shape index (κ2) is 6.92. The fourth-order valence-electron chi connectivity index (χ4n) is 2.78. The van der Waals surface area contributed by atoms with Crippen LogP contribution in [0.4, 0.5) is 11.8 Å². The monoisotopic (exact) mass is 317 g/mol. The number of hydrogen-bond acceptors (Lipinski definition) is 5. The highest BCUT2D eigenvalue weighted by Gasteiger charge is 2.15. The van der Waals surface area contributed by atoms with E-state index in [1.807, 2.05) is 19.2 Å². The molecule has 22 heavy (non-hydrogen) atoms. The third-order valence-corrected chi connectivity index (χ3v) is 4.25. The first-order valence-electron chi connectivity index (χ1n) is 7.69. The van der Waals surface area contributed by atoms with Crippen molar-refractivity contribution in [1.29, 1.82) is 0 Å². The highest BCUT2D eigenvalue weighted by Crippen LogP contribution is 2.28. The Morgan fingerprint density at radius 1 is 1.18 bits per heavy atom. The Morgan fingerprint density at radius 2 is 2.00 bits per heavy atom. The molecule has 1 fully saturated rings. The van der Waals surface area contributed by atoms with E-state index in [1.165, 1.54) is 32.1 Å². The van der Waals surface area contributed by atoms with E-state index in [1.54, 1.807) is 12.4 Å². The summed E-state index contributed by atoms with van der Waals surface area (Å²) in [5, 5.41) is 7.00. The van der Waals surface area contributed by atoms with Crippen LogP contribution in [-0.4, -0.2) is 28.0 Å². The molecule has 0 aliphatic heterocycles. The Balaban J connectivity index is 1.85. The second-order valence-corrected chi connectivity index (χ2v) is 5.96. The van der Waals surface area contributed by atoms with Crippen molar-refractivity contribution in [3.05, 3.63) is 29.5 Å². The van der Waals surface area contributed by atoms with Gasteiger partial charge in [-0.25, -0.2) is 15.0 Å². The van der Waals surface area contributed by atoms with E-state index in [9.17, 15) is 0 Å². The molecule has 1 saturated carbocycles. The maximum atomic E-state index is 6.28. The minimum absolute atomic E-state index is 0.466. The molecule has 1 aliphatic carbocycles. The molecule has 0 atom stereocenters. The molecule has 0 unspecified atom stereocenters. The first-order chi connectivity index (χ1) is 10.8. The van der Waals surface area contributed by atoms with E-state index in [-0.39, 0.29) is 0 Å².